The van der Waals surface area contributed by atoms with Crippen LogP contribution in [0.2, 0.25) is 0 Å². The summed E-state index contributed by atoms with van der Waals surface area (Å²) < 4.78 is 11.0. The van der Waals surface area contributed by atoms with Gasteiger partial charge in [0, 0.05) is 13.2 Å². The Morgan fingerprint density at radius 2 is 1.85 bits per heavy atom. The summed E-state index contributed by atoms with van der Waals surface area (Å²) in [7, 11) is 1.73. The van der Waals surface area contributed by atoms with Crippen molar-refractivity contribution in [2.45, 2.75) is 45.6 Å². The lowest BCUT2D eigenvalue weighted by Gasteiger charge is -2.18. The first kappa shape index (κ1) is 17.0. The molecule has 1 aromatic rings. The number of benzene rings is 1. The van der Waals surface area contributed by atoms with Gasteiger partial charge < -0.3 is 14.8 Å². The van der Waals surface area contributed by atoms with Gasteiger partial charge in [0.1, 0.15) is 12.4 Å². The Balaban J connectivity index is 2.38. The van der Waals surface area contributed by atoms with E-state index in [9.17, 15) is 0 Å². The molecule has 0 saturated heterocycles. The SMILES string of the molecule is CCCNC(CCC)COc1ccc(CCOC)cc1. The Labute approximate surface area is 123 Å². The van der Waals surface area contributed by atoms with E-state index < -0.39 is 0 Å². The van der Waals surface area contributed by atoms with Gasteiger partial charge in [0.2, 0.25) is 0 Å². The van der Waals surface area contributed by atoms with E-state index in [0.717, 1.165) is 44.8 Å². The van der Waals surface area contributed by atoms with Gasteiger partial charge >= 0.3 is 0 Å². The third kappa shape index (κ3) is 6.92. The highest BCUT2D eigenvalue weighted by molar-refractivity contribution is 5.27. The molecular weight excluding hydrogens is 250 g/mol. The second kappa shape index (κ2) is 10.7. The van der Waals surface area contributed by atoms with Gasteiger partial charge in [0.25, 0.3) is 0 Å². The van der Waals surface area contributed by atoms with Gasteiger partial charge in [-0.1, -0.05) is 32.4 Å². The molecule has 0 bridgehead atoms. The molecule has 0 aliphatic rings. The smallest absolute Gasteiger partial charge is 0.119 e. The van der Waals surface area contributed by atoms with Gasteiger partial charge in [-0.25, -0.2) is 0 Å². The van der Waals surface area contributed by atoms with Crippen molar-refractivity contribution < 1.29 is 9.47 Å². The summed E-state index contributed by atoms with van der Waals surface area (Å²) in [6, 6.07) is 8.78. The molecule has 1 N–H and O–H groups in total. The summed E-state index contributed by atoms with van der Waals surface area (Å²) >= 11 is 0. The molecule has 1 rings (SSSR count). The molecule has 0 spiro atoms. The van der Waals surface area contributed by atoms with Crippen molar-refractivity contribution in [1.82, 2.24) is 5.32 Å². The minimum Gasteiger partial charge on any atom is -0.492 e. The van der Waals surface area contributed by atoms with Crippen LogP contribution in [0.1, 0.15) is 38.7 Å². The van der Waals surface area contributed by atoms with Crippen LogP contribution in [0.4, 0.5) is 0 Å². The lowest BCUT2D eigenvalue weighted by Crippen LogP contribution is -2.35. The third-order valence-corrected chi connectivity index (χ3v) is 3.29. The van der Waals surface area contributed by atoms with E-state index in [4.69, 9.17) is 9.47 Å². The van der Waals surface area contributed by atoms with E-state index in [-0.39, 0.29) is 0 Å². The van der Waals surface area contributed by atoms with Crippen molar-refractivity contribution in [3.8, 4) is 5.75 Å². The highest BCUT2D eigenvalue weighted by Gasteiger charge is 2.07. The van der Waals surface area contributed by atoms with Crippen molar-refractivity contribution in [2.24, 2.45) is 0 Å². The van der Waals surface area contributed by atoms with Gasteiger partial charge in [-0.2, -0.15) is 0 Å². The van der Waals surface area contributed by atoms with E-state index in [1.807, 2.05) is 12.1 Å². The third-order valence-electron chi connectivity index (χ3n) is 3.29. The van der Waals surface area contributed by atoms with Crippen LogP contribution in [0.5, 0.6) is 5.75 Å². The highest BCUT2D eigenvalue weighted by Crippen LogP contribution is 2.13. The van der Waals surface area contributed by atoms with Crippen molar-refractivity contribution in [3.05, 3.63) is 29.8 Å². The van der Waals surface area contributed by atoms with E-state index in [1.54, 1.807) is 7.11 Å². The minimum absolute atomic E-state index is 0.452. The van der Waals surface area contributed by atoms with E-state index in [1.165, 1.54) is 12.0 Å². The summed E-state index contributed by atoms with van der Waals surface area (Å²) in [5.41, 5.74) is 1.29. The quantitative estimate of drug-likeness (QED) is 0.673. The zero-order valence-corrected chi connectivity index (χ0v) is 13.2. The maximum absolute atomic E-state index is 5.88. The van der Waals surface area contributed by atoms with Crippen LogP contribution >= 0.6 is 0 Å². The molecule has 3 nitrogen and oxygen atoms in total. The first-order valence-electron chi connectivity index (χ1n) is 7.74. The molecule has 0 saturated carbocycles. The summed E-state index contributed by atoms with van der Waals surface area (Å²) in [5, 5.41) is 3.54. The van der Waals surface area contributed by atoms with Gasteiger partial charge in [0.15, 0.2) is 0 Å². The van der Waals surface area contributed by atoms with Crippen molar-refractivity contribution in [1.29, 1.82) is 0 Å². The highest BCUT2D eigenvalue weighted by atomic mass is 16.5. The Kier molecular flexibility index (Phi) is 9.09. The zero-order valence-electron chi connectivity index (χ0n) is 13.2. The molecule has 114 valence electrons. The second-order valence-corrected chi connectivity index (χ2v) is 5.14. The molecule has 3 heteroatoms. The lowest BCUT2D eigenvalue weighted by atomic mass is 10.1. The topological polar surface area (TPSA) is 30.5 Å². The average molecular weight is 279 g/mol. The summed E-state index contributed by atoms with van der Waals surface area (Å²) in [5.74, 6) is 0.950. The minimum atomic E-state index is 0.452. The molecule has 1 aromatic carbocycles. The van der Waals surface area contributed by atoms with Crippen LogP contribution in [-0.2, 0) is 11.2 Å². The maximum atomic E-state index is 5.88. The number of nitrogens with one attached hydrogen (secondary N) is 1. The van der Waals surface area contributed by atoms with Crippen LogP contribution in [0, 0.1) is 0 Å². The summed E-state index contributed by atoms with van der Waals surface area (Å²) in [4.78, 5) is 0. The van der Waals surface area contributed by atoms with Gasteiger partial charge in [-0.3, -0.25) is 0 Å². The van der Waals surface area contributed by atoms with Crippen LogP contribution in [0.25, 0.3) is 0 Å². The molecule has 0 amide bonds. The molecule has 20 heavy (non-hydrogen) atoms. The van der Waals surface area contributed by atoms with Crippen LogP contribution in [0.15, 0.2) is 24.3 Å². The molecule has 0 aromatic heterocycles. The van der Waals surface area contributed by atoms with Crippen LogP contribution in [-0.4, -0.2) is 32.9 Å². The van der Waals surface area contributed by atoms with E-state index in [0.29, 0.717) is 6.04 Å². The van der Waals surface area contributed by atoms with Crippen molar-refractivity contribution >= 4 is 0 Å². The first-order valence-corrected chi connectivity index (χ1v) is 7.74. The number of methoxy groups -OCH3 is 1. The molecule has 0 fully saturated rings. The van der Waals surface area contributed by atoms with Crippen LogP contribution < -0.4 is 10.1 Å². The molecule has 0 heterocycles. The Morgan fingerprint density at radius 3 is 2.45 bits per heavy atom. The predicted molar refractivity (Wildman–Crippen MR) is 84.5 cm³/mol. The fourth-order valence-corrected chi connectivity index (χ4v) is 2.11. The molecular formula is C17H29NO2. The lowest BCUT2D eigenvalue weighted by molar-refractivity contribution is 0.202. The Morgan fingerprint density at radius 1 is 1.10 bits per heavy atom. The maximum Gasteiger partial charge on any atom is 0.119 e. The number of ether oxygens (including phenoxy) is 2. The fourth-order valence-electron chi connectivity index (χ4n) is 2.11. The first-order chi connectivity index (χ1) is 9.80. The summed E-state index contributed by atoms with van der Waals surface area (Å²) in [6.07, 6.45) is 4.45. The zero-order chi connectivity index (χ0) is 14.6. The molecule has 0 radical (unpaired) electrons. The number of hydrogen-bond acceptors (Lipinski definition) is 3. The Hall–Kier alpha value is -1.06. The van der Waals surface area contributed by atoms with Crippen molar-refractivity contribution in [2.75, 3.05) is 26.9 Å². The van der Waals surface area contributed by atoms with Crippen molar-refractivity contribution in [3.63, 3.8) is 0 Å². The van der Waals surface area contributed by atoms with Gasteiger partial charge in [-0.15, -0.1) is 0 Å². The molecule has 0 aliphatic heterocycles. The van der Waals surface area contributed by atoms with E-state index >= 15 is 0 Å². The monoisotopic (exact) mass is 279 g/mol. The van der Waals surface area contributed by atoms with Crippen LogP contribution in [0.3, 0.4) is 0 Å². The molecule has 0 aliphatic carbocycles. The number of hydrogen-bond donors (Lipinski definition) is 1. The normalized spacial score (nSPS) is 12.3. The summed E-state index contributed by atoms with van der Waals surface area (Å²) in [6.45, 7) is 6.97. The fraction of sp³-hybridized carbons (Fsp3) is 0.647. The predicted octanol–water partition coefficient (Wildman–Crippen LogP) is 3.42. The van der Waals surface area contributed by atoms with Gasteiger partial charge in [-0.05, 0) is 43.5 Å². The van der Waals surface area contributed by atoms with E-state index in [2.05, 4.69) is 31.3 Å². The Bertz CT molecular complexity index is 337. The largest absolute Gasteiger partial charge is 0.492 e. The number of rotatable bonds is 11. The molecule has 1 unspecified atom stereocenters. The second-order valence-electron chi connectivity index (χ2n) is 5.14. The average Bonchev–Trinajstić information content (AvgIpc) is 2.49. The standard InChI is InChI=1S/C17H29NO2/c1-4-6-16(18-12-5-2)14-20-17-9-7-15(8-10-17)11-13-19-3/h7-10,16,18H,4-6,11-14H2,1-3H3. The van der Waals surface area contributed by atoms with Gasteiger partial charge in [0.05, 0.1) is 6.61 Å². The molecule has 1 atom stereocenters.